The summed E-state index contributed by atoms with van der Waals surface area (Å²) in [6.45, 7) is 9.19. The zero-order chi connectivity index (χ0) is 10.6. The lowest BCUT2D eigenvalue weighted by atomic mass is 10.1. The van der Waals surface area contributed by atoms with Gasteiger partial charge in [-0.25, -0.2) is 4.39 Å². The van der Waals surface area contributed by atoms with E-state index in [0.717, 1.165) is 0 Å². The van der Waals surface area contributed by atoms with Crippen LogP contribution in [0.4, 0.5) is 4.39 Å². The molecule has 75 valence electrons. The van der Waals surface area contributed by atoms with Crippen molar-refractivity contribution in [2.75, 3.05) is 0 Å². The molecular formula is C12H14FO. The van der Waals surface area contributed by atoms with Crippen LogP contribution in [0.25, 0.3) is 0 Å². The van der Waals surface area contributed by atoms with Crippen molar-refractivity contribution in [2.24, 2.45) is 0 Å². The number of benzene rings is 1. The third-order valence-corrected chi connectivity index (χ3v) is 1.82. The molecule has 14 heavy (non-hydrogen) atoms. The van der Waals surface area contributed by atoms with E-state index in [2.05, 4.69) is 0 Å². The Morgan fingerprint density at radius 2 is 1.93 bits per heavy atom. The molecule has 0 aliphatic rings. The zero-order valence-corrected chi connectivity index (χ0v) is 8.46. The van der Waals surface area contributed by atoms with Crippen LogP contribution >= 0.6 is 0 Å². The molecule has 0 saturated carbocycles. The van der Waals surface area contributed by atoms with Gasteiger partial charge in [0.25, 0.3) is 0 Å². The summed E-state index contributed by atoms with van der Waals surface area (Å²) < 4.78 is 18.2. The molecule has 0 heterocycles. The second kappa shape index (κ2) is 4.27. The van der Waals surface area contributed by atoms with Crippen LogP contribution in [0.5, 0.6) is 5.75 Å². The fraction of sp³-hybridized carbons (Fsp3) is 0.333. The summed E-state index contributed by atoms with van der Waals surface area (Å²) in [6, 6.07) is 5.95. The second-order valence-corrected chi connectivity index (χ2v) is 3.76. The van der Waals surface area contributed by atoms with E-state index in [0.29, 0.717) is 12.2 Å². The molecule has 0 aliphatic carbocycles. The van der Waals surface area contributed by atoms with Gasteiger partial charge < -0.3 is 4.74 Å². The largest absolute Gasteiger partial charge is 0.488 e. The van der Waals surface area contributed by atoms with E-state index >= 15 is 0 Å². The van der Waals surface area contributed by atoms with Crippen molar-refractivity contribution in [1.82, 2.24) is 0 Å². The highest BCUT2D eigenvalue weighted by atomic mass is 19.1. The number of hydrogen-bond donors (Lipinski definition) is 0. The van der Waals surface area contributed by atoms with Gasteiger partial charge in [-0.1, -0.05) is 12.7 Å². The van der Waals surface area contributed by atoms with E-state index < -0.39 is 0 Å². The van der Waals surface area contributed by atoms with Crippen molar-refractivity contribution >= 4 is 0 Å². The maximum absolute atomic E-state index is 12.6. The van der Waals surface area contributed by atoms with Crippen LogP contribution in [0.2, 0.25) is 0 Å². The Balaban J connectivity index is 2.68. The van der Waals surface area contributed by atoms with Gasteiger partial charge in [0.05, 0.1) is 0 Å². The van der Waals surface area contributed by atoms with Gasteiger partial charge in [0, 0.05) is 6.42 Å². The maximum atomic E-state index is 12.6. The highest BCUT2D eigenvalue weighted by Gasteiger charge is 2.17. The van der Waals surface area contributed by atoms with Crippen LogP contribution in [0.1, 0.15) is 20.3 Å². The second-order valence-electron chi connectivity index (χ2n) is 3.76. The van der Waals surface area contributed by atoms with Crippen molar-refractivity contribution in [3.8, 4) is 5.75 Å². The average Bonchev–Trinajstić information content (AvgIpc) is 2.08. The minimum absolute atomic E-state index is 0.263. The van der Waals surface area contributed by atoms with Crippen LogP contribution < -0.4 is 4.74 Å². The topological polar surface area (TPSA) is 9.23 Å². The average molecular weight is 193 g/mol. The molecule has 1 aromatic carbocycles. The summed E-state index contributed by atoms with van der Waals surface area (Å²) in [5.41, 5.74) is -0.355. The molecule has 0 spiro atoms. The summed E-state index contributed by atoms with van der Waals surface area (Å²) in [5.74, 6) is 0.388. The van der Waals surface area contributed by atoms with E-state index in [1.165, 1.54) is 12.1 Å². The van der Waals surface area contributed by atoms with E-state index in [1.807, 2.05) is 13.8 Å². The summed E-state index contributed by atoms with van der Waals surface area (Å²) >= 11 is 0. The molecule has 1 aromatic rings. The lowest BCUT2D eigenvalue weighted by Gasteiger charge is -2.24. The normalized spacial score (nSPS) is 11.1. The van der Waals surface area contributed by atoms with E-state index in [9.17, 15) is 4.39 Å². The van der Waals surface area contributed by atoms with Gasteiger partial charge in [-0.2, -0.15) is 0 Å². The first-order valence-electron chi connectivity index (χ1n) is 4.51. The minimum atomic E-state index is -0.355. The number of rotatable bonds is 4. The van der Waals surface area contributed by atoms with Crippen molar-refractivity contribution in [2.45, 2.75) is 25.9 Å². The Labute approximate surface area is 84.2 Å². The molecule has 1 rings (SSSR count). The van der Waals surface area contributed by atoms with Crippen LogP contribution in [0.15, 0.2) is 30.3 Å². The molecule has 0 aliphatic heterocycles. The van der Waals surface area contributed by atoms with Gasteiger partial charge in [0.2, 0.25) is 0 Å². The quantitative estimate of drug-likeness (QED) is 0.712. The predicted octanol–water partition coefficient (Wildman–Crippen LogP) is 3.36. The van der Waals surface area contributed by atoms with Crippen molar-refractivity contribution in [1.29, 1.82) is 0 Å². The van der Waals surface area contributed by atoms with Gasteiger partial charge in [0.15, 0.2) is 0 Å². The highest BCUT2D eigenvalue weighted by Crippen LogP contribution is 2.21. The molecule has 0 amide bonds. The first kappa shape index (κ1) is 10.8. The number of halogens is 1. The smallest absolute Gasteiger partial charge is 0.123 e. The van der Waals surface area contributed by atoms with Crippen LogP contribution in [-0.2, 0) is 0 Å². The molecule has 0 N–H and O–H groups in total. The van der Waals surface area contributed by atoms with E-state index in [4.69, 9.17) is 11.3 Å². The summed E-state index contributed by atoms with van der Waals surface area (Å²) in [6.07, 6.45) is 2.20. The molecular weight excluding hydrogens is 179 g/mol. The van der Waals surface area contributed by atoms with Crippen molar-refractivity contribution < 1.29 is 9.13 Å². The van der Waals surface area contributed by atoms with Crippen molar-refractivity contribution in [3.63, 3.8) is 0 Å². The van der Waals surface area contributed by atoms with Gasteiger partial charge in [-0.05, 0) is 38.1 Å². The summed E-state index contributed by atoms with van der Waals surface area (Å²) in [4.78, 5) is 0. The SMILES string of the molecule is [CH]=CCC(C)(C)Oc1ccc(F)cc1. The molecule has 0 atom stereocenters. The summed E-state index contributed by atoms with van der Waals surface area (Å²) in [5, 5.41) is 0. The van der Waals surface area contributed by atoms with Gasteiger partial charge in [0.1, 0.15) is 17.2 Å². The lowest BCUT2D eigenvalue weighted by Crippen LogP contribution is -2.27. The summed E-state index contributed by atoms with van der Waals surface area (Å²) in [7, 11) is 0. The van der Waals surface area contributed by atoms with Gasteiger partial charge in [-0.3, -0.25) is 0 Å². The molecule has 0 saturated heterocycles. The Morgan fingerprint density at radius 1 is 1.36 bits per heavy atom. The fourth-order valence-electron chi connectivity index (χ4n) is 1.15. The fourth-order valence-corrected chi connectivity index (χ4v) is 1.15. The third-order valence-electron chi connectivity index (χ3n) is 1.82. The first-order valence-corrected chi connectivity index (χ1v) is 4.51. The highest BCUT2D eigenvalue weighted by molar-refractivity contribution is 5.22. The monoisotopic (exact) mass is 193 g/mol. The van der Waals surface area contributed by atoms with Gasteiger partial charge >= 0.3 is 0 Å². The van der Waals surface area contributed by atoms with Crippen LogP contribution in [0.3, 0.4) is 0 Å². The molecule has 0 fully saturated rings. The molecule has 0 aromatic heterocycles. The standard InChI is InChI=1S/C12H14FO/c1-4-9-12(2,3)14-11-7-5-10(13)6-8-11/h1,4-8H,9H2,2-3H3. The molecule has 0 unspecified atom stereocenters. The van der Waals surface area contributed by atoms with E-state index in [-0.39, 0.29) is 11.4 Å². The third kappa shape index (κ3) is 3.21. The Hall–Kier alpha value is -1.31. The molecule has 0 bridgehead atoms. The number of hydrogen-bond acceptors (Lipinski definition) is 1. The maximum Gasteiger partial charge on any atom is 0.123 e. The zero-order valence-electron chi connectivity index (χ0n) is 8.46. The molecule has 1 radical (unpaired) electrons. The minimum Gasteiger partial charge on any atom is -0.488 e. The van der Waals surface area contributed by atoms with Crippen LogP contribution in [-0.4, -0.2) is 5.60 Å². The first-order chi connectivity index (χ1) is 6.53. The number of ether oxygens (including phenoxy) is 1. The van der Waals surface area contributed by atoms with Crippen molar-refractivity contribution in [3.05, 3.63) is 42.7 Å². The molecule has 2 heteroatoms. The lowest BCUT2D eigenvalue weighted by molar-refractivity contribution is 0.113. The molecule has 1 nitrogen and oxygen atoms in total. The predicted molar refractivity (Wildman–Crippen MR) is 54.6 cm³/mol. The Bertz CT molecular complexity index is 301. The Kier molecular flexibility index (Phi) is 3.28. The van der Waals surface area contributed by atoms with Gasteiger partial charge in [-0.15, -0.1) is 0 Å². The van der Waals surface area contributed by atoms with Crippen LogP contribution in [0, 0.1) is 12.4 Å². The van der Waals surface area contributed by atoms with E-state index in [1.54, 1.807) is 18.2 Å². The Morgan fingerprint density at radius 3 is 2.43 bits per heavy atom.